The Morgan fingerprint density at radius 3 is 2.41 bits per heavy atom. The highest BCUT2D eigenvalue weighted by Crippen LogP contribution is 2.22. The van der Waals surface area contributed by atoms with Gasteiger partial charge in [-0.1, -0.05) is 37.6 Å². The number of aryl methyl sites for hydroxylation is 2. The maximum atomic E-state index is 4.75. The Kier molecular flexibility index (Phi) is 9.79. The number of allylic oxidation sites excluding steroid dienone is 1. The van der Waals surface area contributed by atoms with Crippen molar-refractivity contribution in [2.45, 2.75) is 40.0 Å². The normalized spacial score (nSPS) is 10.2. The third-order valence-corrected chi connectivity index (χ3v) is 4.98. The van der Waals surface area contributed by atoms with Gasteiger partial charge in [-0.15, -0.1) is 6.58 Å². The second kappa shape index (κ2) is 12.5. The molecule has 2 heterocycles. The first-order valence-corrected chi connectivity index (χ1v) is 11.3. The predicted octanol–water partition coefficient (Wildman–Crippen LogP) is 5.75. The van der Waals surface area contributed by atoms with Crippen LogP contribution in [0.1, 0.15) is 37.1 Å². The zero-order valence-electron chi connectivity index (χ0n) is 20.4. The minimum Gasteiger partial charge on any atom is -0.365 e. The maximum Gasteiger partial charge on any atom is 0.229 e. The summed E-state index contributed by atoms with van der Waals surface area (Å²) >= 11 is 0. The van der Waals surface area contributed by atoms with Crippen LogP contribution in [0.3, 0.4) is 0 Å². The average molecular weight is 435 g/mol. The third kappa shape index (κ3) is 7.45. The SMILES string of the molecule is C=CCCc1cc(CCN(C)c2nc(Nc3ccc(C)cc3)cc(N(C)C)n2)c[nH]1.CC. The van der Waals surface area contributed by atoms with Crippen LogP contribution in [0.4, 0.5) is 23.3 Å². The highest BCUT2D eigenvalue weighted by atomic mass is 15.3. The quantitative estimate of drug-likeness (QED) is 0.398. The lowest BCUT2D eigenvalue weighted by Crippen LogP contribution is -2.24. The molecule has 2 N–H and O–H groups in total. The monoisotopic (exact) mass is 434 g/mol. The smallest absolute Gasteiger partial charge is 0.229 e. The van der Waals surface area contributed by atoms with Gasteiger partial charge in [-0.2, -0.15) is 9.97 Å². The summed E-state index contributed by atoms with van der Waals surface area (Å²) in [4.78, 5) is 16.9. The van der Waals surface area contributed by atoms with E-state index in [1.54, 1.807) is 0 Å². The zero-order valence-corrected chi connectivity index (χ0v) is 20.4. The number of nitrogens with one attached hydrogen (secondary N) is 2. The van der Waals surface area contributed by atoms with E-state index in [-0.39, 0.29) is 0 Å². The summed E-state index contributed by atoms with van der Waals surface area (Å²) in [5, 5.41) is 3.40. The first-order chi connectivity index (χ1) is 15.4. The molecule has 0 radical (unpaired) electrons. The minimum atomic E-state index is 0.707. The van der Waals surface area contributed by atoms with E-state index in [9.17, 15) is 0 Å². The number of aromatic nitrogens is 3. The van der Waals surface area contributed by atoms with Gasteiger partial charge in [-0.25, -0.2) is 0 Å². The van der Waals surface area contributed by atoms with Crippen molar-refractivity contribution in [2.75, 3.05) is 42.8 Å². The van der Waals surface area contributed by atoms with E-state index in [1.165, 1.54) is 16.8 Å². The molecule has 0 spiro atoms. The number of H-pyrrole nitrogens is 1. The van der Waals surface area contributed by atoms with Gasteiger partial charge in [-0.3, -0.25) is 0 Å². The lowest BCUT2D eigenvalue weighted by Gasteiger charge is -2.21. The van der Waals surface area contributed by atoms with Crippen LogP contribution >= 0.6 is 0 Å². The van der Waals surface area contributed by atoms with Crippen molar-refractivity contribution >= 4 is 23.3 Å². The molecule has 0 saturated carbocycles. The first-order valence-electron chi connectivity index (χ1n) is 11.3. The van der Waals surface area contributed by atoms with Crippen LogP contribution in [0.2, 0.25) is 0 Å². The second-order valence-electron chi connectivity index (χ2n) is 7.83. The summed E-state index contributed by atoms with van der Waals surface area (Å²) in [5.41, 5.74) is 4.79. The Bertz CT molecular complexity index is 959. The number of benzene rings is 1. The van der Waals surface area contributed by atoms with Gasteiger partial charge >= 0.3 is 0 Å². The van der Waals surface area contributed by atoms with Crippen LogP contribution in [0.15, 0.2) is 55.3 Å². The lowest BCUT2D eigenvalue weighted by molar-refractivity contribution is 0.836. The molecule has 6 nitrogen and oxygen atoms in total. The third-order valence-electron chi connectivity index (χ3n) is 4.98. The molecule has 0 aliphatic heterocycles. The highest BCUT2D eigenvalue weighted by molar-refractivity contribution is 5.62. The largest absolute Gasteiger partial charge is 0.365 e. The van der Waals surface area contributed by atoms with Crippen LogP contribution in [-0.4, -0.2) is 42.6 Å². The number of hydrogen-bond acceptors (Lipinski definition) is 5. The van der Waals surface area contributed by atoms with Crippen molar-refractivity contribution in [1.29, 1.82) is 0 Å². The van der Waals surface area contributed by atoms with Crippen LogP contribution in [0.5, 0.6) is 0 Å². The number of nitrogens with zero attached hydrogens (tertiary/aromatic N) is 4. The molecule has 32 heavy (non-hydrogen) atoms. The van der Waals surface area contributed by atoms with Gasteiger partial charge in [0.25, 0.3) is 0 Å². The summed E-state index contributed by atoms with van der Waals surface area (Å²) < 4.78 is 0. The minimum absolute atomic E-state index is 0.707. The number of hydrogen-bond donors (Lipinski definition) is 2. The zero-order chi connectivity index (χ0) is 23.5. The molecule has 0 atom stereocenters. The van der Waals surface area contributed by atoms with Gasteiger partial charge in [-0.05, 0) is 49.9 Å². The van der Waals surface area contributed by atoms with Gasteiger partial charge in [0.1, 0.15) is 11.6 Å². The van der Waals surface area contributed by atoms with Crippen LogP contribution < -0.4 is 15.1 Å². The highest BCUT2D eigenvalue weighted by Gasteiger charge is 2.11. The Morgan fingerprint density at radius 1 is 1.03 bits per heavy atom. The van der Waals surface area contributed by atoms with Crippen LogP contribution in [0.25, 0.3) is 0 Å². The van der Waals surface area contributed by atoms with E-state index in [0.717, 1.165) is 43.1 Å². The Balaban J connectivity index is 0.00000176. The molecule has 0 fully saturated rings. The second-order valence-corrected chi connectivity index (χ2v) is 7.83. The van der Waals surface area contributed by atoms with Crippen molar-refractivity contribution in [3.8, 4) is 0 Å². The molecule has 0 aliphatic rings. The standard InChI is InChI=1S/C24H32N6.C2H6/c1-6-7-8-21-15-19(17-25-21)13-14-30(5)24-27-22(16-23(28-24)29(3)4)26-20-11-9-18(2)10-12-20;1-2/h6,9-12,15-17,25H,1,7-8,13-14H2,2-5H3,(H,26,27,28);1-2H3. The predicted molar refractivity (Wildman–Crippen MR) is 138 cm³/mol. The van der Waals surface area contributed by atoms with E-state index in [0.29, 0.717) is 5.95 Å². The molecule has 6 heteroatoms. The van der Waals surface area contributed by atoms with Crippen molar-refractivity contribution in [2.24, 2.45) is 0 Å². The van der Waals surface area contributed by atoms with E-state index >= 15 is 0 Å². The van der Waals surface area contributed by atoms with Gasteiger partial charge in [0, 0.05) is 51.3 Å². The molecule has 0 unspecified atom stereocenters. The Labute approximate surface area is 193 Å². The van der Waals surface area contributed by atoms with Gasteiger partial charge in [0.05, 0.1) is 0 Å². The van der Waals surface area contributed by atoms with E-state index in [4.69, 9.17) is 9.97 Å². The van der Waals surface area contributed by atoms with Gasteiger partial charge < -0.3 is 20.1 Å². The van der Waals surface area contributed by atoms with Crippen molar-refractivity contribution in [1.82, 2.24) is 15.0 Å². The fourth-order valence-electron chi connectivity index (χ4n) is 3.11. The number of likely N-dealkylation sites (N-methyl/N-ethyl adjacent to an activating group) is 1. The molecule has 0 aliphatic carbocycles. The summed E-state index contributed by atoms with van der Waals surface area (Å²) in [6, 6.07) is 12.5. The summed E-state index contributed by atoms with van der Waals surface area (Å²) in [6.07, 6.45) is 6.96. The Hall–Kier alpha value is -3.28. The molecule has 3 aromatic rings. The van der Waals surface area contributed by atoms with Crippen molar-refractivity contribution in [3.05, 3.63) is 72.1 Å². The molecule has 172 valence electrons. The summed E-state index contributed by atoms with van der Waals surface area (Å²) in [6.45, 7) is 10.7. The molecule has 3 rings (SSSR count). The van der Waals surface area contributed by atoms with Crippen molar-refractivity contribution < 1.29 is 0 Å². The van der Waals surface area contributed by atoms with Crippen LogP contribution in [0, 0.1) is 6.92 Å². The molecule has 0 saturated heterocycles. The van der Waals surface area contributed by atoms with Crippen molar-refractivity contribution in [3.63, 3.8) is 0 Å². The number of aromatic amines is 1. The number of rotatable bonds is 10. The summed E-state index contributed by atoms with van der Waals surface area (Å²) in [7, 11) is 6.02. The molecule has 2 aromatic heterocycles. The first kappa shape index (κ1) is 25.0. The fourth-order valence-corrected chi connectivity index (χ4v) is 3.11. The molecule has 0 amide bonds. The van der Waals surface area contributed by atoms with Gasteiger partial charge in [0.15, 0.2) is 0 Å². The molecular weight excluding hydrogens is 396 g/mol. The van der Waals surface area contributed by atoms with E-state index in [1.807, 2.05) is 52.0 Å². The maximum absolute atomic E-state index is 4.75. The fraction of sp³-hybridized carbons (Fsp3) is 0.385. The molecule has 0 bridgehead atoms. The van der Waals surface area contributed by atoms with E-state index in [2.05, 4.69) is 65.2 Å². The molecule has 1 aromatic carbocycles. The molecular formula is C26H38N6. The van der Waals surface area contributed by atoms with E-state index < -0.39 is 0 Å². The van der Waals surface area contributed by atoms with Gasteiger partial charge in [0.2, 0.25) is 5.95 Å². The topological polar surface area (TPSA) is 60.1 Å². The summed E-state index contributed by atoms with van der Waals surface area (Å²) in [5.74, 6) is 2.36. The average Bonchev–Trinajstić information content (AvgIpc) is 3.26. The Morgan fingerprint density at radius 2 is 1.75 bits per heavy atom. The lowest BCUT2D eigenvalue weighted by atomic mass is 10.2. The number of anilines is 4. The van der Waals surface area contributed by atoms with Crippen LogP contribution in [-0.2, 0) is 12.8 Å².